The maximum absolute atomic E-state index is 13.0. The molecule has 35 heavy (non-hydrogen) atoms. The second-order valence-electron chi connectivity index (χ2n) is 9.67. The van der Waals surface area contributed by atoms with Crippen LogP contribution in [0.25, 0.3) is 0 Å². The quantitative estimate of drug-likeness (QED) is 0.541. The molecule has 1 aromatic carbocycles. The number of hydrogen-bond donors (Lipinski definition) is 2. The highest BCUT2D eigenvalue weighted by atomic mass is 19.4. The fraction of sp³-hybridized carbons (Fsp3) is 0.667. The highest BCUT2D eigenvalue weighted by Crippen LogP contribution is 2.36. The molecule has 1 aliphatic carbocycles. The molecule has 2 fully saturated rings. The van der Waals surface area contributed by atoms with Gasteiger partial charge in [0.1, 0.15) is 0 Å². The van der Waals surface area contributed by atoms with Crippen LogP contribution in [-0.2, 0) is 17.1 Å². The number of piperidine rings is 1. The first-order valence-electron chi connectivity index (χ1n) is 11.9. The third-order valence-electron chi connectivity index (χ3n) is 6.93. The molecule has 1 aromatic rings. The Bertz CT molecular complexity index is 854. The van der Waals surface area contributed by atoms with Crippen LogP contribution in [0.5, 0.6) is 0 Å². The fourth-order valence-corrected chi connectivity index (χ4v) is 4.62. The number of likely N-dealkylation sites (tertiary alicyclic amines) is 1. The molecule has 2 amide bonds. The summed E-state index contributed by atoms with van der Waals surface area (Å²) in [5, 5.41) is 5.78. The lowest BCUT2D eigenvalue weighted by atomic mass is 9.87. The van der Waals surface area contributed by atoms with Crippen LogP contribution in [0.1, 0.15) is 66.9 Å². The zero-order valence-corrected chi connectivity index (χ0v) is 19.6. The first-order valence-corrected chi connectivity index (χ1v) is 11.9. The summed E-state index contributed by atoms with van der Waals surface area (Å²) in [7, 11) is 0. The molecular formula is C24H31F6N3O2. The highest BCUT2D eigenvalue weighted by molar-refractivity contribution is 5.94. The molecule has 1 aliphatic heterocycles. The predicted molar refractivity (Wildman–Crippen MR) is 118 cm³/mol. The topological polar surface area (TPSA) is 61.4 Å². The van der Waals surface area contributed by atoms with E-state index in [9.17, 15) is 35.9 Å². The lowest BCUT2D eigenvalue weighted by Gasteiger charge is -2.33. The van der Waals surface area contributed by atoms with Crippen molar-refractivity contribution in [3.05, 3.63) is 34.9 Å². The van der Waals surface area contributed by atoms with Crippen molar-refractivity contribution >= 4 is 11.8 Å². The Morgan fingerprint density at radius 1 is 0.886 bits per heavy atom. The maximum Gasteiger partial charge on any atom is 0.416 e. The van der Waals surface area contributed by atoms with E-state index in [1.54, 1.807) is 4.90 Å². The maximum atomic E-state index is 13.0. The summed E-state index contributed by atoms with van der Waals surface area (Å²) >= 11 is 0. The van der Waals surface area contributed by atoms with Crippen LogP contribution in [0.15, 0.2) is 18.2 Å². The van der Waals surface area contributed by atoms with Crippen LogP contribution in [0.2, 0.25) is 0 Å². The largest absolute Gasteiger partial charge is 0.416 e. The molecule has 1 heterocycles. The van der Waals surface area contributed by atoms with Gasteiger partial charge < -0.3 is 15.5 Å². The molecule has 0 unspecified atom stereocenters. The van der Waals surface area contributed by atoms with Gasteiger partial charge >= 0.3 is 12.4 Å². The minimum atomic E-state index is -5.01. The summed E-state index contributed by atoms with van der Waals surface area (Å²) in [4.78, 5) is 26.6. The molecule has 0 aromatic heterocycles. The minimum Gasteiger partial charge on any atom is -0.352 e. The Hall–Kier alpha value is -2.30. The highest BCUT2D eigenvalue weighted by Gasteiger charge is 2.37. The van der Waals surface area contributed by atoms with Gasteiger partial charge in [-0.25, -0.2) is 0 Å². The summed E-state index contributed by atoms with van der Waals surface area (Å²) in [5.74, 6) is -0.284. The van der Waals surface area contributed by atoms with E-state index in [-0.39, 0.29) is 31.0 Å². The zero-order valence-electron chi connectivity index (χ0n) is 19.6. The van der Waals surface area contributed by atoms with Crippen LogP contribution in [0.3, 0.4) is 0 Å². The first kappa shape index (κ1) is 27.3. The summed E-state index contributed by atoms with van der Waals surface area (Å²) in [6.45, 7) is 3.59. The van der Waals surface area contributed by atoms with Gasteiger partial charge in [0.05, 0.1) is 17.7 Å². The Balaban J connectivity index is 1.47. The number of halogens is 6. The Kier molecular flexibility index (Phi) is 8.72. The van der Waals surface area contributed by atoms with Gasteiger partial charge in [0.25, 0.3) is 5.91 Å². The molecule has 0 atom stereocenters. The standard InChI is InChI=1S/C24H31F6N3O2/c1-15-2-4-20(5-3-15)31-14-21(34)33-8-6-16(7-9-33)13-32-22(35)17-10-18(23(25,26)27)12-19(11-17)24(28,29)30/h10-12,15-16,20,31H,2-9,13-14H2,1H3,(H,32,35)/t15-,20-. The van der Waals surface area contributed by atoms with Crippen molar-refractivity contribution in [1.82, 2.24) is 15.5 Å². The summed E-state index contributed by atoms with van der Waals surface area (Å²) in [5.41, 5.74) is -3.75. The van der Waals surface area contributed by atoms with Crippen molar-refractivity contribution in [2.24, 2.45) is 11.8 Å². The molecule has 5 nitrogen and oxygen atoms in total. The van der Waals surface area contributed by atoms with E-state index in [1.807, 2.05) is 0 Å². The Morgan fingerprint density at radius 2 is 1.43 bits per heavy atom. The molecule has 196 valence electrons. The van der Waals surface area contributed by atoms with Gasteiger partial charge in [-0.2, -0.15) is 26.3 Å². The molecule has 2 N–H and O–H groups in total. The van der Waals surface area contributed by atoms with Crippen LogP contribution >= 0.6 is 0 Å². The number of nitrogens with zero attached hydrogens (tertiary/aromatic N) is 1. The number of nitrogens with one attached hydrogen (secondary N) is 2. The van der Waals surface area contributed by atoms with Crippen LogP contribution in [0.4, 0.5) is 26.3 Å². The molecule has 1 saturated heterocycles. The van der Waals surface area contributed by atoms with E-state index < -0.39 is 35.0 Å². The number of alkyl halides is 6. The molecule has 3 rings (SSSR count). The molecule has 2 aliphatic rings. The van der Waals surface area contributed by atoms with Gasteiger partial charge in [-0.1, -0.05) is 6.92 Å². The van der Waals surface area contributed by atoms with E-state index in [0.29, 0.717) is 44.1 Å². The summed E-state index contributed by atoms with van der Waals surface area (Å²) in [6.07, 6.45) is -4.42. The monoisotopic (exact) mass is 507 g/mol. The SMILES string of the molecule is C[C@H]1CC[C@H](NCC(=O)N2CCC(CNC(=O)c3cc(C(F)(F)F)cc(C(F)(F)F)c3)CC2)CC1. The van der Waals surface area contributed by atoms with Crippen LogP contribution in [-0.4, -0.2) is 48.9 Å². The summed E-state index contributed by atoms with van der Waals surface area (Å²) < 4.78 is 78.1. The molecule has 0 bridgehead atoms. The van der Waals surface area contributed by atoms with E-state index in [1.165, 1.54) is 0 Å². The van der Waals surface area contributed by atoms with Crippen molar-refractivity contribution in [2.45, 2.75) is 63.8 Å². The van der Waals surface area contributed by atoms with Gasteiger partial charge in [0.15, 0.2) is 0 Å². The van der Waals surface area contributed by atoms with Crippen LogP contribution in [0, 0.1) is 11.8 Å². The van der Waals surface area contributed by atoms with E-state index in [2.05, 4.69) is 17.6 Å². The van der Waals surface area contributed by atoms with Crippen molar-refractivity contribution in [1.29, 1.82) is 0 Å². The lowest BCUT2D eigenvalue weighted by Crippen LogP contribution is -2.46. The minimum absolute atomic E-state index is 0.00679. The number of hydrogen-bond acceptors (Lipinski definition) is 3. The smallest absolute Gasteiger partial charge is 0.352 e. The number of amides is 2. The second kappa shape index (κ2) is 11.2. The van der Waals surface area contributed by atoms with Crippen molar-refractivity contribution in [3.8, 4) is 0 Å². The average Bonchev–Trinajstić information content (AvgIpc) is 2.81. The molecule has 1 saturated carbocycles. The van der Waals surface area contributed by atoms with Gasteiger partial charge in [-0.05, 0) is 68.6 Å². The van der Waals surface area contributed by atoms with Gasteiger partial charge in [0.2, 0.25) is 5.91 Å². The Morgan fingerprint density at radius 3 is 1.94 bits per heavy atom. The van der Waals surface area contributed by atoms with Crippen molar-refractivity contribution < 1.29 is 35.9 Å². The second-order valence-corrected chi connectivity index (χ2v) is 9.67. The molecule has 11 heteroatoms. The predicted octanol–water partition coefficient (Wildman–Crippen LogP) is 4.86. The first-order chi connectivity index (χ1) is 16.3. The van der Waals surface area contributed by atoms with Crippen LogP contribution < -0.4 is 10.6 Å². The average molecular weight is 508 g/mol. The summed E-state index contributed by atoms with van der Waals surface area (Å²) in [6, 6.07) is 1.20. The third kappa shape index (κ3) is 7.85. The van der Waals surface area contributed by atoms with E-state index >= 15 is 0 Å². The molecule has 0 spiro atoms. The third-order valence-corrected chi connectivity index (χ3v) is 6.93. The zero-order chi connectivity index (χ0) is 25.8. The van der Waals surface area contributed by atoms with Crippen molar-refractivity contribution in [2.75, 3.05) is 26.2 Å². The lowest BCUT2D eigenvalue weighted by molar-refractivity contribution is -0.143. The number of benzene rings is 1. The molecular weight excluding hydrogens is 476 g/mol. The van der Waals surface area contributed by atoms with E-state index in [0.717, 1.165) is 31.6 Å². The normalized spacial score (nSPS) is 22.2. The number of carbonyl (C=O) groups excluding carboxylic acids is 2. The van der Waals surface area contributed by atoms with Crippen molar-refractivity contribution in [3.63, 3.8) is 0 Å². The fourth-order valence-electron chi connectivity index (χ4n) is 4.62. The van der Waals surface area contributed by atoms with E-state index in [4.69, 9.17) is 0 Å². The van der Waals surface area contributed by atoms with Gasteiger partial charge in [-0.3, -0.25) is 9.59 Å². The van der Waals surface area contributed by atoms with Gasteiger partial charge in [0, 0.05) is 31.2 Å². The Labute approximate surface area is 200 Å². The number of rotatable bonds is 6. The van der Waals surface area contributed by atoms with Gasteiger partial charge in [-0.15, -0.1) is 0 Å². The number of carbonyl (C=O) groups is 2. The molecule has 0 radical (unpaired) electrons.